The number of urea groups is 1. The van der Waals surface area contributed by atoms with Crippen LogP contribution in [0.5, 0.6) is 0 Å². The van der Waals surface area contributed by atoms with Gasteiger partial charge in [0, 0.05) is 31.6 Å². The highest BCUT2D eigenvalue weighted by molar-refractivity contribution is 7.13. The minimum absolute atomic E-state index is 0.0985. The lowest BCUT2D eigenvalue weighted by molar-refractivity contribution is 0.100. The fourth-order valence-electron chi connectivity index (χ4n) is 3.30. The fourth-order valence-corrected chi connectivity index (χ4v) is 4.20. The predicted molar refractivity (Wildman–Crippen MR) is 113 cm³/mol. The molecule has 0 unspecified atom stereocenters. The van der Waals surface area contributed by atoms with Crippen LogP contribution in [-0.2, 0) is 0 Å². The lowest BCUT2D eigenvalue weighted by atomic mass is 10.2. The highest BCUT2D eigenvalue weighted by Gasteiger charge is 2.29. The Morgan fingerprint density at radius 3 is 2.55 bits per heavy atom. The number of hydrogen-bond acceptors (Lipinski definition) is 5. The van der Waals surface area contributed by atoms with Crippen LogP contribution in [0.1, 0.15) is 10.4 Å². The molecule has 9 heteroatoms. The number of primary amides is 1. The molecule has 0 bridgehead atoms. The van der Waals surface area contributed by atoms with Crippen molar-refractivity contribution in [1.82, 2.24) is 20.0 Å². The molecule has 0 spiro atoms. The number of carbonyl (C=O) groups is 2. The maximum atomic E-state index is 13.5. The normalized spacial score (nSPS) is 14.7. The molecule has 1 fully saturated rings. The molecular weight excluding hydrogens is 388 g/mol. The number of para-hydroxylation sites is 1. The summed E-state index contributed by atoms with van der Waals surface area (Å²) in [7, 11) is 2.05. The first-order valence-corrected chi connectivity index (χ1v) is 10.2. The van der Waals surface area contributed by atoms with Crippen molar-refractivity contribution in [3.63, 3.8) is 0 Å². The lowest BCUT2D eigenvalue weighted by Crippen LogP contribution is -2.51. The van der Waals surface area contributed by atoms with Gasteiger partial charge < -0.3 is 15.5 Å². The zero-order valence-electron chi connectivity index (χ0n) is 16.0. The van der Waals surface area contributed by atoms with E-state index in [-0.39, 0.29) is 6.03 Å². The summed E-state index contributed by atoms with van der Waals surface area (Å²) in [4.78, 5) is 31.5. The number of H-pyrrole nitrogens is 1. The first kappa shape index (κ1) is 19.2. The van der Waals surface area contributed by atoms with Crippen LogP contribution in [-0.4, -0.2) is 65.2 Å². The molecule has 3 amide bonds. The number of aromatic amines is 1. The van der Waals surface area contributed by atoms with Crippen LogP contribution in [0.25, 0.3) is 10.6 Å². The molecule has 4 rings (SSSR count). The van der Waals surface area contributed by atoms with Crippen molar-refractivity contribution in [1.29, 1.82) is 0 Å². The zero-order chi connectivity index (χ0) is 20.4. The molecular formula is C20H22N6O2S. The second kappa shape index (κ2) is 8.06. The molecule has 3 aromatic rings. The van der Waals surface area contributed by atoms with E-state index < -0.39 is 5.91 Å². The molecule has 8 nitrogen and oxygen atoms in total. The Kier molecular flexibility index (Phi) is 5.32. The predicted octanol–water partition coefficient (Wildman–Crippen LogP) is 2.74. The molecule has 0 radical (unpaired) electrons. The van der Waals surface area contributed by atoms with Crippen LogP contribution in [0, 0.1) is 0 Å². The molecule has 1 aliphatic rings. The number of nitrogens with one attached hydrogen (secondary N) is 1. The minimum Gasteiger partial charge on any atom is -0.366 e. The summed E-state index contributed by atoms with van der Waals surface area (Å²) >= 11 is 1.38. The Morgan fingerprint density at radius 2 is 1.90 bits per heavy atom. The summed E-state index contributed by atoms with van der Waals surface area (Å²) < 4.78 is 0. The summed E-state index contributed by atoms with van der Waals surface area (Å²) in [6.45, 7) is 2.99. The van der Waals surface area contributed by atoms with Crippen molar-refractivity contribution < 1.29 is 9.59 Å². The number of likely N-dealkylation sites (N-methyl/N-ethyl adjacent to an activating group) is 1. The Bertz CT molecular complexity index is 1010. The molecule has 0 atom stereocenters. The number of hydrogen-bond donors (Lipinski definition) is 2. The standard InChI is InChI=1S/C20H22N6O2S/c1-24-7-9-25(10-8-24)20(28)26(15-5-3-2-4-6-15)16-12-22-23-18(16)17-11-14(13-29-17)19(21)27/h2-6,11-13H,7-10H2,1H3,(H2,21,27)(H,22,23). The van der Waals surface area contributed by atoms with Gasteiger partial charge in [0.25, 0.3) is 0 Å². The van der Waals surface area contributed by atoms with Crippen LogP contribution < -0.4 is 10.6 Å². The van der Waals surface area contributed by atoms with Crippen LogP contribution in [0.15, 0.2) is 48.0 Å². The third kappa shape index (κ3) is 3.87. The van der Waals surface area contributed by atoms with E-state index in [2.05, 4.69) is 22.1 Å². The number of nitrogens with zero attached hydrogens (tertiary/aromatic N) is 4. The molecule has 1 saturated heterocycles. The average Bonchev–Trinajstić information content (AvgIpc) is 3.39. The van der Waals surface area contributed by atoms with Gasteiger partial charge in [-0.2, -0.15) is 5.10 Å². The highest BCUT2D eigenvalue weighted by Crippen LogP contribution is 2.37. The van der Waals surface area contributed by atoms with Gasteiger partial charge in [-0.25, -0.2) is 4.79 Å². The Labute approximate surface area is 172 Å². The van der Waals surface area contributed by atoms with Gasteiger partial charge in [0.15, 0.2) is 0 Å². The molecule has 3 heterocycles. The van der Waals surface area contributed by atoms with E-state index in [1.54, 1.807) is 22.5 Å². The largest absolute Gasteiger partial charge is 0.366 e. The van der Waals surface area contributed by atoms with Gasteiger partial charge in [-0.15, -0.1) is 11.3 Å². The number of aromatic nitrogens is 2. The van der Waals surface area contributed by atoms with E-state index in [1.165, 1.54) is 11.3 Å². The molecule has 0 saturated carbocycles. The third-order valence-corrected chi connectivity index (χ3v) is 5.92. The molecule has 150 valence electrons. The van der Waals surface area contributed by atoms with Crippen LogP contribution >= 0.6 is 11.3 Å². The molecule has 1 aromatic carbocycles. The summed E-state index contributed by atoms with van der Waals surface area (Å²) in [6, 6.07) is 11.1. The second-order valence-corrected chi connectivity index (χ2v) is 7.85. The van der Waals surface area contributed by atoms with Crippen LogP contribution in [0.3, 0.4) is 0 Å². The van der Waals surface area contributed by atoms with Crippen LogP contribution in [0.4, 0.5) is 16.2 Å². The fraction of sp³-hybridized carbons (Fsp3) is 0.250. The van der Waals surface area contributed by atoms with Crippen molar-refractivity contribution in [2.45, 2.75) is 0 Å². The number of anilines is 2. The van der Waals surface area contributed by atoms with Gasteiger partial charge in [-0.05, 0) is 25.2 Å². The minimum atomic E-state index is -0.484. The van der Waals surface area contributed by atoms with Crippen molar-refractivity contribution >= 4 is 34.6 Å². The monoisotopic (exact) mass is 410 g/mol. The van der Waals surface area contributed by atoms with E-state index in [0.717, 1.165) is 23.7 Å². The van der Waals surface area contributed by atoms with E-state index in [4.69, 9.17) is 5.73 Å². The molecule has 3 N–H and O–H groups in total. The maximum Gasteiger partial charge on any atom is 0.329 e. The quantitative estimate of drug-likeness (QED) is 0.691. The summed E-state index contributed by atoms with van der Waals surface area (Å²) in [5.74, 6) is -0.484. The number of rotatable bonds is 4. The number of piperazine rings is 1. The Hall–Kier alpha value is -3.17. The van der Waals surface area contributed by atoms with Gasteiger partial charge in [-0.1, -0.05) is 18.2 Å². The maximum absolute atomic E-state index is 13.5. The Balaban J connectivity index is 1.74. The van der Waals surface area contributed by atoms with Gasteiger partial charge in [0.2, 0.25) is 5.91 Å². The molecule has 29 heavy (non-hydrogen) atoms. The number of carbonyl (C=O) groups excluding carboxylic acids is 2. The van der Waals surface area contributed by atoms with Gasteiger partial charge >= 0.3 is 6.03 Å². The van der Waals surface area contributed by atoms with E-state index >= 15 is 0 Å². The molecule has 0 aliphatic carbocycles. The van der Waals surface area contributed by atoms with E-state index in [9.17, 15) is 9.59 Å². The average molecular weight is 411 g/mol. The Morgan fingerprint density at radius 1 is 1.17 bits per heavy atom. The second-order valence-electron chi connectivity index (χ2n) is 6.94. The number of benzene rings is 1. The summed E-state index contributed by atoms with van der Waals surface area (Å²) in [6.07, 6.45) is 1.64. The van der Waals surface area contributed by atoms with Gasteiger partial charge in [-0.3, -0.25) is 14.8 Å². The van der Waals surface area contributed by atoms with Gasteiger partial charge in [0.05, 0.1) is 33.7 Å². The van der Waals surface area contributed by atoms with Crippen molar-refractivity contribution in [3.8, 4) is 10.6 Å². The third-order valence-electron chi connectivity index (χ3n) is 4.97. The summed E-state index contributed by atoms with van der Waals surface area (Å²) in [5.41, 5.74) is 7.89. The number of thiophene rings is 1. The molecule has 1 aliphatic heterocycles. The topological polar surface area (TPSA) is 98.6 Å². The van der Waals surface area contributed by atoms with Crippen molar-refractivity contribution in [3.05, 3.63) is 53.5 Å². The smallest absolute Gasteiger partial charge is 0.329 e. The van der Waals surface area contributed by atoms with Gasteiger partial charge in [0.1, 0.15) is 0 Å². The van der Waals surface area contributed by atoms with E-state index in [0.29, 0.717) is 30.0 Å². The number of nitrogens with two attached hydrogens (primary N) is 1. The number of amides is 3. The summed E-state index contributed by atoms with van der Waals surface area (Å²) in [5, 5.41) is 8.87. The highest BCUT2D eigenvalue weighted by atomic mass is 32.1. The van der Waals surface area contributed by atoms with Crippen molar-refractivity contribution in [2.24, 2.45) is 5.73 Å². The van der Waals surface area contributed by atoms with E-state index in [1.807, 2.05) is 35.2 Å². The van der Waals surface area contributed by atoms with Crippen LogP contribution in [0.2, 0.25) is 0 Å². The lowest BCUT2D eigenvalue weighted by Gasteiger charge is -2.36. The SMILES string of the molecule is CN1CCN(C(=O)N(c2ccccc2)c2cn[nH]c2-c2cc(C(N)=O)cs2)CC1. The first-order valence-electron chi connectivity index (χ1n) is 9.29. The van der Waals surface area contributed by atoms with Crippen molar-refractivity contribution in [2.75, 3.05) is 38.1 Å². The zero-order valence-corrected chi connectivity index (χ0v) is 16.9. The molecule has 2 aromatic heterocycles. The first-order chi connectivity index (χ1) is 14.0.